The third-order valence-electron chi connectivity index (χ3n) is 2.66. The smallest absolute Gasteiger partial charge is 0.0947 e. The molecule has 2 unspecified atom stereocenters. The predicted octanol–water partition coefficient (Wildman–Crippen LogP) is 1.92. The second-order valence-corrected chi connectivity index (χ2v) is 4.77. The quantitative estimate of drug-likeness (QED) is 0.507. The molecule has 0 aromatic rings. The Morgan fingerprint density at radius 1 is 1.29 bits per heavy atom. The molecule has 14 heavy (non-hydrogen) atoms. The molecule has 0 heterocycles. The van der Waals surface area contributed by atoms with Crippen molar-refractivity contribution in [2.45, 2.75) is 40.2 Å². The van der Waals surface area contributed by atoms with Crippen molar-refractivity contribution in [2.75, 3.05) is 13.6 Å². The van der Waals surface area contributed by atoms with Crippen LogP contribution in [-0.2, 0) is 0 Å². The van der Waals surface area contributed by atoms with Crippen LogP contribution in [0.15, 0.2) is 0 Å². The zero-order valence-electron chi connectivity index (χ0n) is 10.2. The summed E-state index contributed by atoms with van der Waals surface area (Å²) in [6.45, 7) is 9.58. The van der Waals surface area contributed by atoms with Gasteiger partial charge in [0, 0.05) is 18.5 Å². The highest BCUT2D eigenvalue weighted by atomic mass is 15.1. The van der Waals surface area contributed by atoms with E-state index in [4.69, 9.17) is 11.1 Å². The van der Waals surface area contributed by atoms with Crippen molar-refractivity contribution in [3.05, 3.63) is 0 Å². The Bertz CT molecular complexity index is 177. The van der Waals surface area contributed by atoms with Crippen LogP contribution in [0.25, 0.3) is 0 Å². The summed E-state index contributed by atoms with van der Waals surface area (Å²) in [6.07, 6.45) is 1.20. The van der Waals surface area contributed by atoms with E-state index in [1.54, 1.807) is 0 Å². The lowest BCUT2D eigenvalue weighted by Crippen LogP contribution is -2.37. The van der Waals surface area contributed by atoms with Crippen LogP contribution in [-0.4, -0.2) is 30.4 Å². The molecule has 3 N–H and O–H groups in total. The monoisotopic (exact) mass is 199 g/mol. The van der Waals surface area contributed by atoms with Gasteiger partial charge in [-0.25, -0.2) is 0 Å². The zero-order chi connectivity index (χ0) is 11.3. The minimum atomic E-state index is 0.162. The van der Waals surface area contributed by atoms with Gasteiger partial charge in [0.05, 0.1) is 5.84 Å². The van der Waals surface area contributed by atoms with E-state index < -0.39 is 0 Å². The zero-order valence-corrected chi connectivity index (χ0v) is 10.2. The molecule has 3 heteroatoms. The Kier molecular flexibility index (Phi) is 5.77. The van der Waals surface area contributed by atoms with Crippen LogP contribution < -0.4 is 5.73 Å². The van der Waals surface area contributed by atoms with E-state index in [-0.39, 0.29) is 11.8 Å². The first-order valence-corrected chi connectivity index (χ1v) is 5.38. The first kappa shape index (κ1) is 13.4. The van der Waals surface area contributed by atoms with Crippen molar-refractivity contribution in [3.8, 4) is 0 Å². The summed E-state index contributed by atoms with van der Waals surface area (Å²) in [7, 11) is 2.10. The third kappa shape index (κ3) is 5.22. The van der Waals surface area contributed by atoms with Crippen LogP contribution in [0.5, 0.6) is 0 Å². The van der Waals surface area contributed by atoms with Crippen molar-refractivity contribution in [1.82, 2.24) is 4.90 Å². The summed E-state index contributed by atoms with van der Waals surface area (Å²) < 4.78 is 0. The summed E-state index contributed by atoms with van der Waals surface area (Å²) in [6, 6.07) is 0.566. The second-order valence-electron chi connectivity index (χ2n) is 4.77. The summed E-state index contributed by atoms with van der Waals surface area (Å²) in [5.41, 5.74) is 5.44. The highest BCUT2D eigenvalue weighted by Gasteiger charge is 2.14. The molecule has 0 saturated carbocycles. The Balaban J connectivity index is 3.94. The molecule has 0 aromatic carbocycles. The SMILES string of the molecule is CC(C)CC(C)N(C)CC(C)C(=N)N. The molecule has 0 rings (SSSR count). The van der Waals surface area contributed by atoms with Crippen molar-refractivity contribution >= 4 is 5.84 Å². The number of hydrogen-bond donors (Lipinski definition) is 2. The largest absolute Gasteiger partial charge is 0.387 e. The molecule has 3 nitrogen and oxygen atoms in total. The Hall–Kier alpha value is -0.570. The van der Waals surface area contributed by atoms with Gasteiger partial charge in [-0.3, -0.25) is 5.41 Å². The van der Waals surface area contributed by atoms with Gasteiger partial charge < -0.3 is 10.6 Å². The van der Waals surface area contributed by atoms with E-state index in [1.165, 1.54) is 6.42 Å². The molecule has 0 radical (unpaired) electrons. The van der Waals surface area contributed by atoms with E-state index in [0.717, 1.165) is 12.5 Å². The normalized spacial score (nSPS) is 15.9. The average molecular weight is 199 g/mol. The second kappa shape index (κ2) is 6.02. The summed E-state index contributed by atoms with van der Waals surface area (Å²) in [5.74, 6) is 1.17. The Morgan fingerprint density at radius 2 is 1.79 bits per heavy atom. The molecule has 0 saturated heterocycles. The fourth-order valence-electron chi connectivity index (χ4n) is 1.57. The van der Waals surface area contributed by atoms with E-state index >= 15 is 0 Å². The van der Waals surface area contributed by atoms with Crippen LogP contribution in [0.2, 0.25) is 0 Å². The molecule has 0 fully saturated rings. The number of nitrogens with zero attached hydrogens (tertiary/aromatic N) is 1. The molecule has 0 spiro atoms. The lowest BCUT2D eigenvalue weighted by Gasteiger charge is -2.28. The molecule has 0 aromatic heterocycles. The van der Waals surface area contributed by atoms with Gasteiger partial charge in [0.25, 0.3) is 0 Å². The van der Waals surface area contributed by atoms with Crippen LogP contribution in [0.1, 0.15) is 34.1 Å². The first-order chi connectivity index (χ1) is 6.34. The van der Waals surface area contributed by atoms with Gasteiger partial charge in [-0.15, -0.1) is 0 Å². The first-order valence-electron chi connectivity index (χ1n) is 5.38. The predicted molar refractivity (Wildman–Crippen MR) is 62.6 cm³/mol. The fourth-order valence-corrected chi connectivity index (χ4v) is 1.57. The van der Waals surface area contributed by atoms with E-state index in [0.29, 0.717) is 6.04 Å². The van der Waals surface area contributed by atoms with Crippen LogP contribution in [0.4, 0.5) is 0 Å². The van der Waals surface area contributed by atoms with E-state index in [9.17, 15) is 0 Å². The molecule has 0 aliphatic rings. The third-order valence-corrected chi connectivity index (χ3v) is 2.66. The van der Waals surface area contributed by atoms with Crippen molar-refractivity contribution in [2.24, 2.45) is 17.6 Å². The maximum Gasteiger partial charge on any atom is 0.0947 e. The summed E-state index contributed by atoms with van der Waals surface area (Å²) in [5, 5.41) is 7.33. The van der Waals surface area contributed by atoms with Gasteiger partial charge in [-0.1, -0.05) is 20.8 Å². The van der Waals surface area contributed by atoms with Crippen LogP contribution in [0.3, 0.4) is 0 Å². The molecule has 0 aliphatic carbocycles. The maximum atomic E-state index is 7.33. The number of amidine groups is 1. The van der Waals surface area contributed by atoms with Crippen molar-refractivity contribution < 1.29 is 0 Å². The molecule has 84 valence electrons. The van der Waals surface area contributed by atoms with Gasteiger partial charge in [-0.2, -0.15) is 0 Å². The lowest BCUT2D eigenvalue weighted by atomic mass is 10.0. The van der Waals surface area contributed by atoms with Crippen LogP contribution >= 0.6 is 0 Å². The van der Waals surface area contributed by atoms with Crippen molar-refractivity contribution in [3.63, 3.8) is 0 Å². The van der Waals surface area contributed by atoms with Gasteiger partial charge in [-0.05, 0) is 26.3 Å². The molecule has 2 atom stereocenters. The fraction of sp³-hybridized carbons (Fsp3) is 0.909. The topological polar surface area (TPSA) is 53.1 Å². The number of rotatable bonds is 6. The van der Waals surface area contributed by atoms with Gasteiger partial charge in [0.2, 0.25) is 0 Å². The lowest BCUT2D eigenvalue weighted by molar-refractivity contribution is 0.216. The minimum Gasteiger partial charge on any atom is -0.387 e. The molecular formula is C11H25N3. The highest BCUT2D eigenvalue weighted by Crippen LogP contribution is 2.11. The Labute approximate surface area is 88.2 Å². The number of nitrogens with one attached hydrogen (secondary N) is 1. The van der Waals surface area contributed by atoms with Gasteiger partial charge >= 0.3 is 0 Å². The standard InChI is InChI=1S/C11H25N3/c1-8(2)6-10(4)14(5)7-9(3)11(12)13/h8-10H,6-7H2,1-5H3,(H3,12,13). The van der Waals surface area contributed by atoms with Gasteiger partial charge in [0.1, 0.15) is 0 Å². The molecule has 0 aliphatic heterocycles. The molecule has 0 bridgehead atoms. The number of hydrogen-bond acceptors (Lipinski definition) is 2. The average Bonchev–Trinajstić information content (AvgIpc) is 2.02. The van der Waals surface area contributed by atoms with E-state index in [1.807, 2.05) is 6.92 Å². The van der Waals surface area contributed by atoms with Gasteiger partial charge in [0.15, 0.2) is 0 Å². The van der Waals surface area contributed by atoms with Crippen LogP contribution in [0, 0.1) is 17.2 Å². The van der Waals surface area contributed by atoms with Crippen molar-refractivity contribution in [1.29, 1.82) is 5.41 Å². The summed E-state index contributed by atoms with van der Waals surface area (Å²) >= 11 is 0. The van der Waals surface area contributed by atoms with E-state index in [2.05, 4.69) is 32.7 Å². The highest BCUT2D eigenvalue weighted by molar-refractivity contribution is 5.79. The summed E-state index contributed by atoms with van der Waals surface area (Å²) in [4.78, 5) is 2.28. The minimum absolute atomic E-state index is 0.162. The number of nitrogens with two attached hydrogens (primary N) is 1. The molecule has 0 amide bonds. The maximum absolute atomic E-state index is 7.33. The molecular weight excluding hydrogens is 174 g/mol. The Morgan fingerprint density at radius 3 is 2.14 bits per heavy atom.